The Hall–Kier alpha value is -3.73. The topological polar surface area (TPSA) is 134 Å². The van der Waals surface area contributed by atoms with Crippen molar-refractivity contribution in [2.45, 2.75) is 53.1 Å². The van der Waals surface area contributed by atoms with E-state index >= 15 is 0 Å². The van der Waals surface area contributed by atoms with E-state index in [4.69, 9.17) is 16.3 Å². The Kier molecular flexibility index (Phi) is 12.7. The summed E-state index contributed by atoms with van der Waals surface area (Å²) in [6.07, 6.45) is 5.36. The van der Waals surface area contributed by atoms with Crippen molar-refractivity contribution in [3.8, 4) is 0 Å². The molecule has 1 aliphatic rings. The summed E-state index contributed by atoms with van der Waals surface area (Å²) in [5, 5.41) is 4.22. The van der Waals surface area contributed by atoms with Crippen LogP contribution in [0.3, 0.4) is 0 Å². The molecule has 5 N–H and O–H groups in total. The van der Waals surface area contributed by atoms with E-state index in [0.29, 0.717) is 41.5 Å². The van der Waals surface area contributed by atoms with Gasteiger partial charge < -0.3 is 25.7 Å². The highest BCUT2D eigenvalue weighted by Gasteiger charge is 2.29. The molecule has 0 aliphatic carbocycles. The number of benzene rings is 1. The van der Waals surface area contributed by atoms with Gasteiger partial charge in [-0.25, -0.2) is 5.84 Å². The van der Waals surface area contributed by atoms with Crippen LogP contribution in [0.1, 0.15) is 53.0 Å². The number of para-hydroxylation sites is 1. The number of rotatable bonds is 14. The first-order valence-corrected chi connectivity index (χ1v) is 14.2. The van der Waals surface area contributed by atoms with Crippen molar-refractivity contribution in [1.29, 1.82) is 0 Å². The number of amides is 2. The van der Waals surface area contributed by atoms with Gasteiger partial charge in [0, 0.05) is 36.4 Å². The van der Waals surface area contributed by atoms with E-state index in [-0.39, 0.29) is 49.4 Å². The van der Waals surface area contributed by atoms with Crippen LogP contribution in [0.15, 0.2) is 65.9 Å². The Labute approximate surface area is 250 Å². The molecule has 0 fully saturated rings. The number of hydrogen-bond acceptors (Lipinski definition) is 8. The Bertz CT molecular complexity index is 1250. The SMILES string of the molecule is C=CC1=C(\C=C/C)CN(C(=O)CCC(=O)NCC(C)(C)OCN(C)C)c2ccccc2/C(N(N)CC(=O)C(C)C)=C\1N. The molecule has 0 saturated heterocycles. The summed E-state index contributed by atoms with van der Waals surface area (Å²) in [5.41, 5.74) is 9.49. The number of allylic oxidation sites excluding steroid dienone is 2. The van der Waals surface area contributed by atoms with E-state index in [1.54, 1.807) is 11.0 Å². The minimum atomic E-state index is -0.563. The van der Waals surface area contributed by atoms with Crippen LogP contribution in [0.25, 0.3) is 5.70 Å². The molecule has 10 heteroatoms. The summed E-state index contributed by atoms with van der Waals surface area (Å²) >= 11 is 0. The predicted molar refractivity (Wildman–Crippen MR) is 169 cm³/mol. The second kappa shape index (κ2) is 15.5. The fourth-order valence-electron chi connectivity index (χ4n) is 4.35. The molecule has 0 bridgehead atoms. The van der Waals surface area contributed by atoms with Crippen molar-refractivity contribution in [3.05, 3.63) is 71.5 Å². The fourth-order valence-corrected chi connectivity index (χ4v) is 4.35. The molecule has 42 heavy (non-hydrogen) atoms. The normalized spacial score (nSPS) is 17.7. The molecule has 1 aromatic carbocycles. The second-order valence-electron chi connectivity index (χ2n) is 11.5. The molecular weight excluding hydrogens is 532 g/mol. The molecule has 0 spiro atoms. The third kappa shape index (κ3) is 9.40. The molecule has 2 amide bonds. The van der Waals surface area contributed by atoms with Crippen LogP contribution in [-0.2, 0) is 19.1 Å². The first kappa shape index (κ1) is 34.5. The quantitative estimate of drug-likeness (QED) is 0.173. The summed E-state index contributed by atoms with van der Waals surface area (Å²) < 4.78 is 5.82. The van der Waals surface area contributed by atoms with E-state index in [9.17, 15) is 14.4 Å². The van der Waals surface area contributed by atoms with Gasteiger partial charge >= 0.3 is 0 Å². The third-order valence-electron chi connectivity index (χ3n) is 6.79. The standard InChI is InChI=1S/C32H48N6O4/c1-9-13-23-18-37(29(41)17-16-28(40)35-20-32(5,6)42-21-36(7)8)26-15-12-11-14-25(26)31(30(33)24(23)10-2)38(34)19-27(39)22(3)4/h9-15,22H,2,16-21,33-34H2,1,3-8H3,(H,35,40)/b13-9-,24-23-,31-30-. The number of carbonyl (C=O) groups excluding carboxylic acids is 3. The van der Waals surface area contributed by atoms with Crippen molar-refractivity contribution < 1.29 is 19.1 Å². The van der Waals surface area contributed by atoms with Gasteiger partial charge in [-0.05, 0) is 46.5 Å². The van der Waals surface area contributed by atoms with Crippen LogP contribution in [0, 0.1) is 5.92 Å². The maximum absolute atomic E-state index is 13.8. The number of fused-ring (bicyclic) bond motifs is 1. The third-order valence-corrected chi connectivity index (χ3v) is 6.79. The summed E-state index contributed by atoms with van der Waals surface area (Å²) in [5.74, 6) is 5.75. The molecule has 0 aromatic heterocycles. The molecule has 0 unspecified atom stereocenters. The zero-order valence-corrected chi connectivity index (χ0v) is 26.2. The van der Waals surface area contributed by atoms with E-state index in [2.05, 4.69) is 11.9 Å². The molecule has 1 aliphatic heterocycles. The van der Waals surface area contributed by atoms with Gasteiger partial charge in [0.2, 0.25) is 11.8 Å². The average molecular weight is 581 g/mol. The molecule has 230 valence electrons. The Balaban J connectivity index is 2.43. The lowest BCUT2D eigenvalue weighted by atomic mass is 9.95. The molecule has 1 aromatic rings. The Morgan fingerprint density at radius 2 is 1.86 bits per heavy atom. The highest BCUT2D eigenvalue weighted by molar-refractivity contribution is 5.99. The van der Waals surface area contributed by atoms with Crippen molar-refractivity contribution in [2.24, 2.45) is 17.5 Å². The number of hydrazine groups is 1. The van der Waals surface area contributed by atoms with Gasteiger partial charge in [0.05, 0.1) is 42.5 Å². The molecule has 1 heterocycles. The van der Waals surface area contributed by atoms with Crippen LogP contribution >= 0.6 is 0 Å². The van der Waals surface area contributed by atoms with Crippen molar-refractivity contribution >= 4 is 29.0 Å². The Morgan fingerprint density at radius 3 is 2.45 bits per heavy atom. The first-order chi connectivity index (χ1) is 19.7. The Morgan fingerprint density at radius 1 is 1.19 bits per heavy atom. The minimum Gasteiger partial charge on any atom is -0.396 e. The lowest BCUT2D eigenvalue weighted by Crippen LogP contribution is -2.42. The van der Waals surface area contributed by atoms with E-state index in [1.165, 1.54) is 5.01 Å². The highest BCUT2D eigenvalue weighted by Crippen LogP contribution is 2.36. The number of hydrogen-bond donors (Lipinski definition) is 3. The van der Waals surface area contributed by atoms with Crippen molar-refractivity contribution in [2.75, 3.05) is 45.4 Å². The number of anilines is 1. The number of ketones is 1. The minimum absolute atomic E-state index is 0.00891. The maximum atomic E-state index is 13.8. The van der Waals surface area contributed by atoms with Gasteiger partial charge in [-0.1, -0.05) is 56.9 Å². The highest BCUT2D eigenvalue weighted by atomic mass is 16.5. The van der Waals surface area contributed by atoms with Crippen LogP contribution in [-0.4, -0.2) is 73.6 Å². The fraction of sp³-hybridized carbons (Fsp3) is 0.469. The first-order valence-electron chi connectivity index (χ1n) is 14.2. The number of nitrogens with two attached hydrogens (primary N) is 2. The van der Waals surface area contributed by atoms with Gasteiger partial charge in [0.1, 0.15) is 0 Å². The number of ether oxygens (including phenoxy) is 1. The zero-order valence-electron chi connectivity index (χ0n) is 26.2. The lowest BCUT2D eigenvalue weighted by Gasteiger charge is -2.33. The van der Waals surface area contributed by atoms with E-state index in [1.807, 2.05) is 90.0 Å². The summed E-state index contributed by atoms with van der Waals surface area (Å²) in [4.78, 5) is 42.7. The number of Topliss-reactive ketones (excluding diaryl/α,β-unsaturated/α-hetero) is 1. The molecule has 0 radical (unpaired) electrons. The molecule has 2 rings (SSSR count). The number of nitrogens with zero attached hydrogens (tertiary/aromatic N) is 3. The van der Waals surface area contributed by atoms with Gasteiger partial charge in [-0.2, -0.15) is 0 Å². The molecule has 0 saturated carbocycles. The zero-order chi connectivity index (χ0) is 31.6. The van der Waals surface area contributed by atoms with Crippen molar-refractivity contribution in [3.63, 3.8) is 0 Å². The van der Waals surface area contributed by atoms with Gasteiger partial charge in [-0.3, -0.25) is 19.3 Å². The van der Waals surface area contributed by atoms with Gasteiger partial charge in [0.15, 0.2) is 5.78 Å². The largest absolute Gasteiger partial charge is 0.396 e. The molecular formula is C32H48N6O4. The van der Waals surface area contributed by atoms with E-state index < -0.39 is 5.60 Å². The average Bonchev–Trinajstić information content (AvgIpc) is 2.92. The summed E-state index contributed by atoms with van der Waals surface area (Å²) in [7, 11) is 3.81. The van der Waals surface area contributed by atoms with Crippen LogP contribution < -0.4 is 21.8 Å². The summed E-state index contributed by atoms with van der Waals surface area (Å²) in [6.45, 7) is 14.2. The second-order valence-corrected chi connectivity index (χ2v) is 11.5. The smallest absolute Gasteiger partial charge is 0.227 e. The number of carbonyl (C=O) groups is 3. The van der Waals surface area contributed by atoms with Crippen molar-refractivity contribution in [1.82, 2.24) is 15.2 Å². The number of nitrogens with one attached hydrogen (secondary N) is 1. The van der Waals surface area contributed by atoms with Crippen LogP contribution in [0.5, 0.6) is 0 Å². The summed E-state index contributed by atoms with van der Waals surface area (Å²) in [6, 6.07) is 7.29. The van der Waals surface area contributed by atoms with Crippen LogP contribution in [0.2, 0.25) is 0 Å². The maximum Gasteiger partial charge on any atom is 0.227 e. The predicted octanol–water partition coefficient (Wildman–Crippen LogP) is 3.33. The lowest BCUT2D eigenvalue weighted by molar-refractivity contribution is -0.126. The monoisotopic (exact) mass is 580 g/mol. The van der Waals surface area contributed by atoms with E-state index in [0.717, 1.165) is 5.57 Å². The van der Waals surface area contributed by atoms with Gasteiger partial charge in [0.25, 0.3) is 0 Å². The molecule has 10 nitrogen and oxygen atoms in total. The van der Waals surface area contributed by atoms with Gasteiger partial charge in [-0.15, -0.1) is 0 Å². The van der Waals surface area contributed by atoms with Crippen LogP contribution in [0.4, 0.5) is 5.69 Å². The molecule has 0 atom stereocenters.